The zero-order valence-electron chi connectivity index (χ0n) is 24.9. The smallest absolute Gasteiger partial charge is 0.417 e. The molecule has 1 saturated heterocycles. The summed E-state index contributed by atoms with van der Waals surface area (Å²) in [7, 11) is 1.11. The highest BCUT2D eigenvalue weighted by molar-refractivity contribution is 5.68. The van der Waals surface area contributed by atoms with Crippen LogP contribution in [-0.4, -0.2) is 48.2 Å². The Morgan fingerprint density at radius 1 is 1.16 bits per heavy atom. The van der Waals surface area contributed by atoms with Crippen molar-refractivity contribution in [3.8, 4) is 11.5 Å². The zero-order valence-corrected chi connectivity index (χ0v) is 24.9. The number of aliphatic carboxylic acids is 1. The number of carbonyl (C=O) groups is 1. The minimum Gasteiger partial charge on any atom is -0.493 e. The van der Waals surface area contributed by atoms with E-state index in [1.807, 2.05) is 30.3 Å². The number of benzene rings is 2. The second-order valence-corrected chi connectivity index (χ2v) is 11.1. The third kappa shape index (κ3) is 6.51. The lowest BCUT2D eigenvalue weighted by Crippen LogP contribution is -2.46. The van der Waals surface area contributed by atoms with Gasteiger partial charge in [-0.3, -0.25) is 4.98 Å². The Hall–Kier alpha value is -3.77. The van der Waals surface area contributed by atoms with Gasteiger partial charge in [0.15, 0.2) is 17.2 Å². The molecule has 0 amide bonds. The average molecular weight is 624 g/mol. The van der Waals surface area contributed by atoms with Crippen LogP contribution in [0.3, 0.4) is 0 Å². The van der Waals surface area contributed by atoms with Crippen LogP contribution in [0.2, 0.25) is 0 Å². The average Bonchev–Trinajstić information content (AvgIpc) is 3.24. The van der Waals surface area contributed by atoms with Crippen molar-refractivity contribution in [1.82, 2.24) is 4.98 Å². The van der Waals surface area contributed by atoms with Crippen molar-refractivity contribution >= 4 is 5.97 Å². The molecule has 44 heavy (non-hydrogen) atoms. The molecule has 0 spiro atoms. The summed E-state index contributed by atoms with van der Waals surface area (Å²) < 4.78 is 95.0. The number of rotatable bonds is 11. The first-order valence-corrected chi connectivity index (χ1v) is 13.9. The van der Waals surface area contributed by atoms with Crippen LogP contribution in [0.25, 0.3) is 0 Å². The van der Waals surface area contributed by atoms with Crippen LogP contribution in [0.1, 0.15) is 66.8 Å². The summed E-state index contributed by atoms with van der Waals surface area (Å²) in [6.45, 7) is 5.30. The predicted molar refractivity (Wildman–Crippen MR) is 150 cm³/mol. The maximum atomic E-state index is 14.8. The van der Waals surface area contributed by atoms with Crippen molar-refractivity contribution in [3.63, 3.8) is 0 Å². The summed E-state index contributed by atoms with van der Waals surface area (Å²) in [4.78, 5) is 15.6. The largest absolute Gasteiger partial charge is 0.493 e. The van der Waals surface area contributed by atoms with Gasteiger partial charge in [-0.15, -0.1) is 0 Å². The van der Waals surface area contributed by atoms with Gasteiger partial charge in [-0.25, -0.2) is 9.18 Å². The lowest BCUT2D eigenvalue weighted by atomic mass is 9.76. The van der Waals surface area contributed by atoms with E-state index in [2.05, 4.69) is 4.98 Å². The molecule has 1 fully saturated rings. The molecule has 5 atom stereocenters. The molecule has 0 saturated carbocycles. The van der Waals surface area contributed by atoms with Crippen LogP contribution < -0.4 is 9.47 Å². The number of ether oxygens (including phenoxy) is 4. The van der Waals surface area contributed by atoms with Gasteiger partial charge in [0.05, 0.1) is 19.4 Å². The summed E-state index contributed by atoms with van der Waals surface area (Å²) >= 11 is 0. The minimum absolute atomic E-state index is 0.00240. The zero-order chi connectivity index (χ0) is 32.4. The Balaban J connectivity index is 1.85. The molecule has 0 bridgehead atoms. The van der Waals surface area contributed by atoms with E-state index in [1.54, 1.807) is 13.8 Å². The maximum Gasteiger partial charge on any atom is 0.417 e. The van der Waals surface area contributed by atoms with Gasteiger partial charge in [0.2, 0.25) is 5.82 Å². The molecule has 2 heterocycles. The quantitative estimate of drug-likeness (QED) is 0.225. The van der Waals surface area contributed by atoms with E-state index in [0.29, 0.717) is 11.3 Å². The van der Waals surface area contributed by atoms with Crippen molar-refractivity contribution in [2.24, 2.45) is 5.92 Å². The van der Waals surface area contributed by atoms with Crippen molar-refractivity contribution in [2.45, 2.75) is 64.0 Å². The predicted octanol–water partition coefficient (Wildman–Crippen LogP) is 7.27. The Kier molecular flexibility index (Phi) is 9.84. The molecule has 238 valence electrons. The maximum absolute atomic E-state index is 14.8. The van der Waals surface area contributed by atoms with Crippen LogP contribution >= 0.6 is 0 Å². The Morgan fingerprint density at radius 3 is 2.45 bits per heavy atom. The third-order valence-electron chi connectivity index (χ3n) is 8.16. The molecule has 7 nitrogen and oxygen atoms in total. The number of alkyl halides is 3. The molecule has 0 radical (unpaired) electrons. The summed E-state index contributed by atoms with van der Waals surface area (Å²) in [5.41, 5.74) is -0.794. The summed E-state index contributed by atoms with van der Waals surface area (Å²) in [5, 5.41) is 8.97. The van der Waals surface area contributed by atoms with Gasteiger partial charge in [0.25, 0.3) is 0 Å². The first kappa shape index (κ1) is 33.1. The fourth-order valence-electron chi connectivity index (χ4n) is 5.75. The highest BCUT2D eigenvalue weighted by Gasteiger charge is 2.65. The summed E-state index contributed by atoms with van der Waals surface area (Å²) in [5.74, 6) is -6.72. The number of carboxylic acid groups (broad SMARTS) is 1. The van der Waals surface area contributed by atoms with Crippen LogP contribution in [0.15, 0.2) is 48.5 Å². The van der Waals surface area contributed by atoms with Gasteiger partial charge < -0.3 is 24.1 Å². The van der Waals surface area contributed by atoms with E-state index in [0.717, 1.165) is 25.7 Å². The first-order chi connectivity index (χ1) is 20.7. The molecule has 2 aromatic carbocycles. The van der Waals surface area contributed by atoms with Gasteiger partial charge in [-0.2, -0.15) is 17.6 Å². The third-order valence-corrected chi connectivity index (χ3v) is 8.16. The number of aromatic nitrogens is 1. The Labute approximate surface area is 251 Å². The van der Waals surface area contributed by atoms with Crippen LogP contribution in [0.5, 0.6) is 11.5 Å². The molecule has 4 rings (SSSR count). The van der Waals surface area contributed by atoms with Crippen LogP contribution in [0, 0.1) is 24.5 Å². The molecule has 1 aliphatic rings. The number of halogens is 5. The SMILES string of the molecule is COc1c([C@H]2[C@H](c3cc(OCc4ccccc4)c(C(C)COCC(=O)O)c(C)n3)O[C@@](C)(C(F)(F)F)[C@H]2C)ccc(F)c1F. The number of pyridine rings is 1. The molecule has 1 unspecified atom stereocenters. The number of carboxylic acids is 1. The normalized spacial score (nSPS) is 22.5. The van der Waals surface area contributed by atoms with E-state index < -0.39 is 65.6 Å². The van der Waals surface area contributed by atoms with E-state index in [1.165, 1.54) is 19.1 Å². The topological polar surface area (TPSA) is 87.1 Å². The monoisotopic (exact) mass is 623 g/mol. The van der Waals surface area contributed by atoms with Crippen LogP contribution in [0.4, 0.5) is 22.0 Å². The second-order valence-electron chi connectivity index (χ2n) is 11.1. The van der Waals surface area contributed by atoms with Crippen molar-refractivity contribution < 1.29 is 50.8 Å². The molecule has 12 heteroatoms. The molecular formula is C32H34F5NO6. The second kappa shape index (κ2) is 13.1. The van der Waals surface area contributed by atoms with E-state index in [4.69, 9.17) is 24.1 Å². The fourth-order valence-corrected chi connectivity index (χ4v) is 5.75. The number of aryl methyl sites for hydroxylation is 1. The molecular weight excluding hydrogens is 589 g/mol. The van der Waals surface area contributed by atoms with Crippen LogP contribution in [-0.2, 0) is 20.9 Å². The fraction of sp³-hybridized carbons (Fsp3) is 0.438. The van der Waals surface area contributed by atoms with E-state index in [-0.39, 0.29) is 30.2 Å². The molecule has 0 aliphatic carbocycles. The first-order valence-electron chi connectivity index (χ1n) is 13.9. The van der Waals surface area contributed by atoms with Crippen molar-refractivity contribution in [3.05, 3.63) is 88.2 Å². The van der Waals surface area contributed by atoms with Crippen molar-refractivity contribution in [1.29, 1.82) is 0 Å². The highest BCUT2D eigenvalue weighted by Crippen LogP contribution is 2.59. The lowest BCUT2D eigenvalue weighted by Gasteiger charge is -2.32. The van der Waals surface area contributed by atoms with Gasteiger partial charge in [-0.1, -0.05) is 50.2 Å². The molecule has 1 aliphatic heterocycles. The Morgan fingerprint density at radius 2 is 1.84 bits per heavy atom. The Bertz CT molecular complexity index is 1480. The van der Waals surface area contributed by atoms with Crippen molar-refractivity contribution in [2.75, 3.05) is 20.3 Å². The van der Waals surface area contributed by atoms with Gasteiger partial charge in [-0.05, 0) is 25.5 Å². The summed E-state index contributed by atoms with van der Waals surface area (Å²) in [6, 6.07) is 12.7. The van der Waals surface area contributed by atoms with Gasteiger partial charge in [0.1, 0.15) is 25.1 Å². The molecule has 1 aromatic heterocycles. The number of methoxy groups -OCH3 is 1. The lowest BCUT2D eigenvalue weighted by molar-refractivity contribution is -0.275. The molecule has 3 aromatic rings. The van der Waals surface area contributed by atoms with E-state index in [9.17, 15) is 26.7 Å². The minimum atomic E-state index is -4.82. The number of hydrogen-bond donors (Lipinski definition) is 1. The van der Waals surface area contributed by atoms with Gasteiger partial charge >= 0.3 is 12.1 Å². The van der Waals surface area contributed by atoms with Gasteiger partial charge in [0, 0.05) is 40.6 Å². The number of hydrogen-bond acceptors (Lipinski definition) is 6. The standard InChI is InChI=1S/C32H34F5NO6/c1-17(14-42-16-25(39)40)26-19(3)38-23(13-24(26)43-15-20-9-7-6-8-10-20)30-27(18(2)31(4,44-30)32(35,36)37)21-11-12-22(33)28(34)29(21)41-5/h6-13,17-18,27,30H,14-16H2,1-5H3,(H,39,40)/t17?,18-,27-,30-,31+/m0/s1. The van der Waals surface area contributed by atoms with E-state index >= 15 is 0 Å². The summed E-state index contributed by atoms with van der Waals surface area (Å²) in [6.07, 6.45) is -6.18. The molecule has 1 N–H and O–H groups in total. The highest BCUT2D eigenvalue weighted by atomic mass is 19.4. The number of nitrogens with zero attached hydrogens (tertiary/aromatic N) is 1.